The van der Waals surface area contributed by atoms with Crippen LogP contribution in [0.1, 0.15) is 13.8 Å². The maximum Gasteiger partial charge on any atom is 0.217 e. The lowest BCUT2D eigenvalue weighted by atomic mass is 9.99. The van der Waals surface area contributed by atoms with Crippen LogP contribution in [0.25, 0.3) is 0 Å². The smallest absolute Gasteiger partial charge is 0.217 e. The molecule has 0 unspecified atom stereocenters. The van der Waals surface area contributed by atoms with Crippen LogP contribution in [0.5, 0.6) is 0 Å². The molecule has 0 aromatic heterocycles. The van der Waals surface area contributed by atoms with E-state index in [9.17, 15) is 4.79 Å². The fourth-order valence-corrected chi connectivity index (χ4v) is 0.406. The summed E-state index contributed by atoms with van der Waals surface area (Å²) in [5.74, 6) is -0.0250. The van der Waals surface area contributed by atoms with Gasteiger partial charge in [-0.05, 0) is 6.92 Å². The quantitative estimate of drug-likeness (QED) is 0.503. The lowest BCUT2D eigenvalue weighted by Crippen LogP contribution is -2.29. The zero-order chi connectivity index (χ0) is 6.57. The Morgan fingerprint density at radius 2 is 2.38 bits per heavy atom. The van der Waals surface area contributed by atoms with Gasteiger partial charge in [0.2, 0.25) is 5.91 Å². The summed E-state index contributed by atoms with van der Waals surface area (Å²) in [7, 11) is 5.21. The van der Waals surface area contributed by atoms with Gasteiger partial charge in [-0.2, -0.15) is 0 Å². The predicted molar refractivity (Wildman–Crippen MR) is 33.8 cm³/mol. The van der Waals surface area contributed by atoms with Gasteiger partial charge in [0.15, 0.2) is 0 Å². The van der Waals surface area contributed by atoms with E-state index in [2.05, 4.69) is 5.32 Å². The molecule has 0 rings (SSSR count). The van der Waals surface area contributed by atoms with Gasteiger partial charge in [-0.3, -0.25) is 4.79 Å². The molecule has 1 amide bonds. The molecule has 44 valence electrons. The monoisotopic (exact) mass is 111 g/mol. The zero-order valence-electron chi connectivity index (χ0n) is 5.27. The van der Waals surface area contributed by atoms with Gasteiger partial charge in [0.25, 0.3) is 0 Å². The van der Waals surface area contributed by atoms with Crippen molar-refractivity contribution in [1.82, 2.24) is 5.32 Å². The van der Waals surface area contributed by atoms with Crippen LogP contribution in [-0.2, 0) is 4.79 Å². The molecule has 0 fully saturated rings. The molecular weight excluding hydrogens is 101 g/mol. The molecule has 0 aliphatic rings. The Morgan fingerprint density at radius 1 is 1.88 bits per heavy atom. The van der Waals surface area contributed by atoms with E-state index in [0.29, 0.717) is 6.32 Å². The molecule has 0 spiro atoms. The van der Waals surface area contributed by atoms with E-state index in [1.54, 1.807) is 0 Å². The van der Waals surface area contributed by atoms with Gasteiger partial charge in [-0.1, -0.05) is 6.32 Å². The van der Waals surface area contributed by atoms with Crippen molar-refractivity contribution < 1.29 is 4.79 Å². The van der Waals surface area contributed by atoms with Gasteiger partial charge < -0.3 is 5.32 Å². The highest BCUT2D eigenvalue weighted by Crippen LogP contribution is 1.83. The van der Waals surface area contributed by atoms with E-state index in [1.165, 1.54) is 6.92 Å². The van der Waals surface area contributed by atoms with Crippen LogP contribution in [0.2, 0.25) is 6.32 Å². The summed E-state index contributed by atoms with van der Waals surface area (Å²) < 4.78 is 0. The van der Waals surface area contributed by atoms with Crippen molar-refractivity contribution in [2.24, 2.45) is 0 Å². The van der Waals surface area contributed by atoms with E-state index in [-0.39, 0.29) is 11.9 Å². The minimum absolute atomic E-state index is 0.0250. The number of carbonyl (C=O) groups excluding carboxylic acids is 1. The van der Waals surface area contributed by atoms with E-state index >= 15 is 0 Å². The highest BCUT2D eigenvalue weighted by Gasteiger charge is 1.96. The van der Waals surface area contributed by atoms with E-state index in [1.807, 2.05) is 6.92 Å². The van der Waals surface area contributed by atoms with Crippen LogP contribution in [-0.4, -0.2) is 19.8 Å². The minimum Gasteiger partial charge on any atom is -0.355 e. The number of amides is 1. The fourth-order valence-electron chi connectivity index (χ4n) is 0.406. The van der Waals surface area contributed by atoms with Gasteiger partial charge in [0, 0.05) is 13.0 Å². The minimum atomic E-state index is -0.0250. The van der Waals surface area contributed by atoms with E-state index < -0.39 is 0 Å². The second-order valence-electron chi connectivity index (χ2n) is 1.84. The maximum atomic E-state index is 10.2. The molecule has 0 saturated carbocycles. The molecule has 0 aromatic carbocycles. The number of rotatable bonds is 2. The number of hydrogen-bond donors (Lipinski definition) is 1. The summed E-state index contributed by atoms with van der Waals surface area (Å²) in [4.78, 5) is 10.2. The third kappa shape index (κ3) is 3.72. The third-order valence-electron chi connectivity index (χ3n) is 0.803. The van der Waals surface area contributed by atoms with Gasteiger partial charge in [0.1, 0.15) is 0 Å². The zero-order valence-corrected chi connectivity index (χ0v) is 5.27. The first kappa shape index (κ1) is 7.53. The first-order valence-electron chi connectivity index (χ1n) is 2.64. The maximum absolute atomic E-state index is 10.2. The molecule has 1 N–H and O–H groups in total. The van der Waals surface area contributed by atoms with Crippen molar-refractivity contribution in [3.8, 4) is 0 Å². The summed E-state index contributed by atoms with van der Waals surface area (Å²) >= 11 is 0. The molecule has 0 saturated heterocycles. The molecule has 8 heavy (non-hydrogen) atoms. The van der Waals surface area contributed by atoms with Crippen LogP contribution < -0.4 is 5.32 Å². The second kappa shape index (κ2) is 3.53. The van der Waals surface area contributed by atoms with Crippen molar-refractivity contribution in [3.63, 3.8) is 0 Å². The Hall–Kier alpha value is -0.465. The summed E-state index contributed by atoms with van der Waals surface area (Å²) in [6.07, 6.45) is 0.500. The topological polar surface area (TPSA) is 29.1 Å². The van der Waals surface area contributed by atoms with Gasteiger partial charge in [0.05, 0.1) is 7.85 Å². The van der Waals surface area contributed by atoms with Crippen LogP contribution in [0.15, 0.2) is 0 Å². The predicted octanol–water partition coefficient (Wildman–Crippen LogP) is 0.0978. The Morgan fingerprint density at radius 3 is 2.50 bits per heavy atom. The Bertz CT molecular complexity index is 84.5. The Kier molecular flexibility index (Phi) is 3.32. The molecule has 3 heteroatoms. The number of nitrogens with one attached hydrogen (secondary N) is 1. The molecule has 0 aliphatic carbocycles. The third-order valence-corrected chi connectivity index (χ3v) is 0.803. The number of carbonyl (C=O) groups is 1. The molecular formula is C5H10BNO. The van der Waals surface area contributed by atoms with Crippen molar-refractivity contribution in [2.45, 2.75) is 26.2 Å². The van der Waals surface area contributed by atoms with Crippen LogP contribution in [0.4, 0.5) is 0 Å². The average Bonchev–Trinajstić information content (AvgIpc) is 1.65. The highest BCUT2D eigenvalue weighted by atomic mass is 16.1. The Labute approximate surface area is 51.1 Å². The SMILES string of the molecule is [B]C[C@@H](C)NC(C)=O. The van der Waals surface area contributed by atoms with Crippen LogP contribution in [0.3, 0.4) is 0 Å². The standard InChI is InChI=1S/C5H10BNO/c1-4(3-6)7-5(2)8/h4H,3H2,1-2H3,(H,7,8)/t4-/m1/s1. The molecule has 0 aromatic rings. The molecule has 2 nitrogen and oxygen atoms in total. The van der Waals surface area contributed by atoms with E-state index in [4.69, 9.17) is 7.85 Å². The van der Waals surface area contributed by atoms with Crippen molar-refractivity contribution >= 4 is 13.8 Å². The first-order valence-corrected chi connectivity index (χ1v) is 2.64. The van der Waals surface area contributed by atoms with Crippen molar-refractivity contribution in [2.75, 3.05) is 0 Å². The van der Waals surface area contributed by atoms with Crippen molar-refractivity contribution in [3.05, 3.63) is 0 Å². The van der Waals surface area contributed by atoms with E-state index in [0.717, 1.165) is 0 Å². The van der Waals surface area contributed by atoms with Crippen LogP contribution in [0, 0.1) is 0 Å². The molecule has 0 aliphatic heterocycles. The lowest BCUT2D eigenvalue weighted by molar-refractivity contribution is -0.119. The molecule has 0 bridgehead atoms. The molecule has 2 radical (unpaired) electrons. The lowest BCUT2D eigenvalue weighted by Gasteiger charge is -2.07. The van der Waals surface area contributed by atoms with Gasteiger partial charge in [-0.25, -0.2) is 0 Å². The summed E-state index contributed by atoms with van der Waals surface area (Å²) in [5, 5.41) is 2.63. The summed E-state index contributed by atoms with van der Waals surface area (Å²) in [6.45, 7) is 3.34. The average molecular weight is 111 g/mol. The first-order chi connectivity index (χ1) is 3.66. The van der Waals surface area contributed by atoms with Gasteiger partial charge in [-0.15, -0.1) is 0 Å². The fraction of sp³-hybridized carbons (Fsp3) is 0.800. The Balaban J connectivity index is 3.24. The van der Waals surface area contributed by atoms with Crippen LogP contribution >= 0.6 is 0 Å². The summed E-state index contributed by atoms with van der Waals surface area (Å²) in [6, 6.07) is 0.104. The normalized spacial score (nSPS) is 12.8. The second-order valence-corrected chi connectivity index (χ2v) is 1.84. The molecule has 0 heterocycles. The summed E-state index contributed by atoms with van der Waals surface area (Å²) in [5.41, 5.74) is 0. The van der Waals surface area contributed by atoms with Gasteiger partial charge >= 0.3 is 0 Å². The largest absolute Gasteiger partial charge is 0.355 e. The number of hydrogen-bond acceptors (Lipinski definition) is 1. The highest BCUT2D eigenvalue weighted by molar-refractivity contribution is 6.09. The molecule has 1 atom stereocenters. The van der Waals surface area contributed by atoms with Crippen molar-refractivity contribution in [1.29, 1.82) is 0 Å².